The molecule has 6 nitrogen and oxygen atoms in total. The monoisotopic (exact) mass is 383 g/mol. The fourth-order valence-corrected chi connectivity index (χ4v) is 1.98. The third-order valence-corrected chi connectivity index (χ3v) is 3.17. The molecule has 0 saturated heterocycles. The molecular formula is C18H16F3NO5. The molecule has 0 atom stereocenters. The maximum atomic E-state index is 13.5. The third kappa shape index (κ3) is 5.63. The van der Waals surface area contributed by atoms with Crippen LogP contribution in [0.2, 0.25) is 0 Å². The Morgan fingerprint density at radius 3 is 2.26 bits per heavy atom. The van der Waals surface area contributed by atoms with Crippen LogP contribution in [0.3, 0.4) is 0 Å². The van der Waals surface area contributed by atoms with Crippen molar-refractivity contribution in [3.63, 3.8) is 0 Å². The highest BCUT2D eigenvalue weighted by molar-refractivity contribution is 5.93. The Kier molecular flexibility index (Phi) is 7.04. The maximum absolute atomic E-state index is 13.5. The molecule has 2 aromatic carbocycles. The zero-order chi connectivity index (χ0) is 19.8. The Morgan fingerprint density at radius 2 is 1.59 bits per heavy atom. The van der Waals surface area contributed by atoms with Crippen molar-refractivity contribution in [2.75, 3.05) is 25.1 Å². The molecule has 144 valence electrons. The van der Waals surface area contributed by atoms with E-state index in [-0.39, 0.29) is 0 Å². The molecule has 0 aliphatic carbocycles. The first-order valence-electron chi connectivity index (χ1n) is 7.86. The van der Waals surface area contributed by atoms with Gasteiger partial charge in [-0.25, -0.2) is 18.0 Å². The number of rotatable bonds is 8. The first-order chi connectivity index (χ1) is 12.9. The van der Waals surface area contributed by atoms with Gasteiger partial charge in [0.05, 0.1) is 12.3 Å². The summed E-state index contributed by atoms with van der Waals surface area (Å²) in [4.78, 5) is 23.3. The Labute approximate surface area is 152 Å². The minimum atomic E-state index is -1.72. The molecule has 0 radical (unpaired) electrons. The summed E-state index contributed by atoms with van der Waals surface area (Å²) in [6, 6.07) is 8.18. The molecule has 1 N–H and O–H groups in total. The van der Waals surface area contributed by atoms with E-state index < -0.39 is 48.2 Å². The Morgan fingerprint density at radius 1 is 0.926 bits per heavy atom. The lowest BCUT2D eigenvalue weighted by Crippen LogP contribution is -2.24. The quantitative estimate of drug-likeness (QED) is 0.560. The maximum Gasteiger partial charge on any atom is 0.344 e. The van der Waals surface area contributed by atoms with Gasteiger partial charge in [-0.05, 0) is 31.2 Å². The molecule has 1 amide bonds. The molecule has 0 bridgehead atoms. The van der Waals surface area contributed by atoms with E-state index in [1.54, 1.807) is 31.2 Å². The molecule has 0 unspecified atom stereocenters. The van der Waals surface area contributed by atoms with Gasteiger partial charge in [0.25, 0.3) is 5.91 Å². The topological polar surface area (TPSA) is 73.9 Å². The van der Waals surface area contributed by atoms with Crippen molar-refractivity contribution in [1.29, 1.82) is 0 Å². The summed E-state index contributed by atoms with van der Waals surface area (Å²) in [7, 11) is 0. The second-order valence-electron chi connectivity index (χ2n) is 5.10. The normalized spacial score (nSPS) is 10.2. The Hall–Kier alpha value is -3.23. The van der Waals surface area contributed by atoms with Crippen molar-refractivity contribution in [1.82, 2.24) is 0 Å². The van der Waals surface area contributed by atoms with Crippen LogP contribution >= 0.6 is 0 Å². The van der Waals surface area contributed by atoms with Crippen molar-refractivity contribution < 1.29 is 37.0 Å². The van der Waals surface area contributed by atoms with E-state index in [2.05, 4.69) is 4.74 Å². The number of esters is 1. The molecule has 0 aliphatic heterocycles. The second-order valence-corrected chi connectivity index (χ2v) is 5.10. The van der Waals surface area contributed by atoms with Crippen LogP contribution in [0.1, 0.15) is 6.92 Å². The average Bonchev–Trinajstić information content (AvgIpc) is 2.66. The zero-order valence-corrected chi connectivity index (χ0v) is 14.3. The Balaban J connectivity index is 1.82. The molecule has 0 spiro atoms. The minimum absolute atomic E-state index is 0.324. The van der Waals surface area contributed by atoms with E-state index >= 15 is 0 Å². The first kappa shape index (κ1) is 20.1. The van der Waals surface area contributed by atoms with Crippen LogP contribution in [0.15, 0.2) is 36.4 Å². The predicted octanol–water partition coefficient (Wildman–Crippen LogP) is 3.06. The highest BCUT2D eigenvalue weighted by Gasteiger charge is 2.16. The van der Waals surface area contributed by atoms with Gasteiger partial charge in [-0.15, -0.1) is 0 Å². The Bertz CT molecular complexity index is 829. The van der Waals surface area contributed by atoms with E-state index in [1.165, 1.54) is 0 Å². The average molecular weight is 383 g/mol. The van der Waals surface area contributed by atoms with Crippen molar-refractivity contribution in [3.8, 4) is 11.5 Å². The number of amides is 1. The lowest BCUT2D eigenvalue weighted by Gasteiger charge is -2.11. The zero-order valence-electron chi connectivity index (χ0n) is 14.3. The molecule has 9 heteroatoms. The highest BCUT2D eigenvalue weighted by Crippen LogP contribution is 2.26. The summed E-state index contributed by atoms with van der Waals surface area (Å²) in [5.74, 6) is -5.67. The van der Waals surface area contributed by atoms with Crippen molar-refractivity contribution in [2.45, 2.75) is 6.92 Å². The first-order valence-corrected chi connectivity index (χ1v) is 7.86. The summed E-state index contributed by atoms with van der Waals surface area (Å²) < 4.78 is 54.7. The number of nitrogens with one attached hydrogen (secondary N) is 1. The van der Waals surface area contributed by atoms with Crippen LogP contribution in [0.25, 0.3) is 0 Å². The molecule has 2 rings (SSSR count). The fraction of sp³-hybridized carbons (Fsp3) is 0.222. The van der Waals surface area contributed by atoms with Crippen LogP contribution < -0.4 is 14.8 Å². The predicted molar refractivity (Wildman–Crippen MR) is 89.0 cm³/mol. The summed E-state index contributed by atoms with van der Waals surface area (Å²) in [5, 5.41) is 1.97. The van der Waals surface area contributed by atoms with E-state index in [4.69, 9.17) is 9.47 Å². The standard InChI is InChI=1S/C18H16F3NO5/c1-2-25-13-5-3-4-6-14(13)26-10-16(24)27-9-15(23)22-12-8-7-11(19)17(20)18(12)21/h3-8H,2,9-10H2,1H3,(H,22,23). The van der Waals surface area contributed by atoms with E-state index in [0.29, 0.717) is 24.2 Å². The SMILES string of the molecule is CCOc1ccccc1OCC(=O)OCC(=O)Nc1ccc(F)c(F)c1F. The van der Waals surface area contributed by atoms with Gasteiger partial charge in [-0.2, -0.15) is 0 Å². The molecular weight excluding hydrogens is 367 g/mol. The van der Waals surface area contributed by atoms with Gasteiger partial charge < -0.3 is 19.5 Å². The van der Waals surface area contributed by atoms with E-state index in [0.717, 1.165) is 6.07 Å². The second kappa shape index (κ2) is 9.46. The van der Waals surface area contributed by atoms with Gasteiger partial charge in [0.2, 0.25) is 0 Å². The van der Waals surface area contributed by atoms with Crippen LogP contribution in [-0.2, 0) is 14.3 Å². The fourth-order valence-electron chi connectivity index (χ4n) is 1.98. The number of carbonyl (C=O) groups excluding carboxylic acids is 2. The smallest absolute Gasteiger partial charge is 0.344 e. The number of anilines is 1. The van der Waals surface area contributed by atoms with Crippen molar-refractivity contribution >= 4 is 17.6 Å². The van der Waals surface area contributed by atoms with Crippen molar-refractivity contribution in [2.24, 2.45) is 0 Å². The van der Waals surface area contributed by atoms with Gasteiger partial charge in [0.1, 0.15) is 0 Å². The molecule has 0 saturated carbocycles. The van der Waals surface area contributed by atoms with Crippen LogP contribution in [0.4, 0.5) is 18.9 Å². The number of ether oxygens (including phenoxy) is 3. The lowest BCUT2D eigenvalue weighted by atomic mass is 10.3. The third-order valence-electron chi connectivity index (χ3n) is 3.17. The number of para-hydroxylation sites is 2. The summed E-state index contributed by atoms with van der Waals surface area (Å²) in [5.41, 5.74) is -0.572. The molecule has 2 aromatic rings. The number of carbonyl (C=O) groups is 2. The van der Waals surface area contributed by atoms with E-state index in [9.17, 15) is 22.8 Å². The number of halogens is 3. The summed E-state index contributed by atoms with van der Waals surface area (Å²) in [6.45, 7) is 0.954. The van der Waals surface area contributed by atoms with E-state index in [1.807, 2.05) is 5.32 Å². The van der Waals surface area contributed by atoms with Crippen molar-refractivity contribution in [3.05, 3.63) is 53.8 Å². The number of hydrogen-bond acceptors (Lipinski definition) is 5. The molecule has 0 heterocycles. The van der Waals surface area contributed by atoms with Crippen LogP contribution in [0.5, 0.6) is 11.5 Å². The van der Waals surface area contributed by atoms with Crippen LogP contribution in [0, 0.1) is 17.5 Å². The van der Waals surface area contributed by atoms with Gasteiger partial charge in [0.15, 0.2) is 42.2 Å². The lowest BCUT2D eigenvalue weighted by molar-refractivity contribution is -0.149. The largest absolute Gasteiger partial charge is 0.490 e. The molecule has 0 aromatic heterocycles. The van der Waals surface area contributed by atoms with Crippen LogP contribution in [-0.4, -0.2) is 31.7 Å². The molecule has 0 fully saturated rings. The van der Waals surface area contributed by atoms with Gasteiger partial charge in [0, 0.05) is 0 Å². The summed E-state index contributed by atoms with van der Waals surface area (Å²) >= 11 is 0. The number of benzene rings is 2. The van der Waals surface area contributed by atoms with Gasteiger partial charge in [-0.1, -0.05) is 12.1 Å². The molecule has 0 aliphatic rings. The van der Waals surface area contributed by atoms with Gasteiger partial charge >= 0.3 is 5.97 Å². The highest BCUT2D eigenvalue weighted by atomic mass is 19.2. The summed E-state index contributed by atoms with van der Waals surface area (Å²) in [6.07, 6.45) is 0. The number of hydrogen-bond donors (Lipinski definition) is 1. The molecule has 27 heavy (non-hydrogen) atoms. The minimum Gasteiger partial charge on any atom is -0.490 e. The van der Waals surface area contributed by atoms with Gasteiger partial charge in [-0.3, -0.25) is 4.79 Å².